The zero-order valence-electron chi connectivity index (χ0n) is 10.0. The molecule has 3 aromatic carbocycles. The smallest absolute Gasteiger partial charge is 0.325 e. The van der Waals surface area contributed by atoms with Gasteiger partial charge in [-0.3, -0.25) is 0 Å². The second-order valence-electron chi connectivity index (χ2n) is 4.19. The van der Waals surface area contributed by atoms with Gasteiger partial charge in [-0.05, 0) is 27.6 Å². The number of benzene rings is 3. The van der Waals surface area contributed by atoms with Gasteiger partial charge in [0.05, 0.1) is 5.56 Å². The Morgan fingerprint density at radius 1 is 0.889 bits per heavy atom. The topological polar surface area (TPSA) is 26.3 Å². The van der Waals surface area contributed by atoms with Gasteiger partial charge >= 0.3 is 5.97 Å². The maximum atomic E-state index is 12.1. The fraction of sp³-hybridized carbons (Fsp3) is 0. The highest BCUT2D eigenvalue weighted by molar-refractivity contribution is 6.20. The molecule has 0 radical (unpaired) electrons. The third-order valence-corrected chi connectivity index (χ3v) is 3.53. The molecule has 0 spiro atoms. The number of hydrogen-bond acceptors (Lipinski definition) is 2. The lowest BCUT2D eigenvalue weighted by Gasteiger charge is -2.09. The number of fused-ring (bicyclic) bond motifs is 2. The van der Waals surface area contributed by atoms with Crippen LogP contribution in [0, 0.1) is 0 Å². The Labute approximate surface area is 108 Å². The lowest BCUT2D eigenvalue weighted by atomic mass is 9.97. The van der Waals surface area contributed by atoms with Crippen LogP contribution in [-0.2, 0) is 4.43 Å². The minimum absolute atomic E-state index is 0.227. The normalized spacial score (nSPS) is 10.9. The molecule has 0 fully saturated rings. The van der Waals surface area contributed by atoms with E-state index in [1.165, 1.54) is 0 Å². The van der Waals surface area contributed by atoms with E-state index in [0.717, 1.165) is 21.5 Å². The molecule has 0 aliphatic heterocycles. The molecule has 18 heavy (non-hydrogen) atoms. The average molecular weight is 252 g/mol. The van der Waals surface area contributed by atoms with Crippen LogP contribution in [0.25, 0.3) is 21.5 Å². The molecule has 2 nitrogen and oxygen atoms in total. The van der Waals surface area contributed by atoms with Crippen molar-refractivity contribution in [2.75, 3.05) is 0 Å². The van der Waals surface area contributed by atoms with Gasteiger partial charge in [-0.2, -0.15) is 0 Å². The number of hydrogen-bond donors (Lipinski definition) is 0. The standard InChI is InChI=1S/C15H12O2Si/c16-15(17-18)14-12-7-3-1-5-10(12)9-11-6-2-4-8-13(11)14/h1-9H,18H3. The number of carbonyl (C=O) groups excluding carboxylic acids is 1. The maximum absolute atomic E-state index is 12.1. The molecule has 0 aliphatic carbocycles. The molecule has 0 amide bonds. The molecule has 0 aliphatic rings. The maximum Gasteiger partial charge on any atom is 0.325 e. The van der Waals surface area contributed by atoms with Crippen LogP contribution < -0.4 is 0 Å². The molecule has 0 bridgehead atoms. The van der Waals surface area contributed by atoms with Gasteiger partial charge in [0.2, 0.25) is 10.5 Å². The predicted molar refractivity (Wildman–Crippen MR) is 76.8 cm³/mol. The van der Waals surface area contributed by atoms with Crippen molar-refractivity contribution < 1.29 is 9.22 Å². The van der Waals surface area contributed by atoms with Crippen LogP contribution in [0.2, 0.25) is 0 Å². The summed E-state index contributed by atoms with van der Waals surface area (Å²) in [5.41, 5.74) is 0.679. The fourth-order valence-electron chi connectivity index (χ4n) is 2.34. The van der Waals surface area contributed by atoms with Crippen molar-refractivity contribution in [3.63, 3.8) is 0 Å². The Bertz CT molecular complexity index is 696. The number of rotatable bonds is 1. The second-order valence-corrected chi connectivity index (χ2v) is 4.59. The molecule has 3 heteroatoms. The van der Waals surface area contributed by atoms with E-state index in [0.29, 0.717) is 16.0 Å². The minimum Gasteiger partial charge on any atom is -0.525 e. The van der Waals surface area contributed by atoms with Crippen LogP contribution in [0.1, 0.15) is 10.4 Å². The van der Waals surface area contributed by atoms with E-state index in [-0.39, 0.29) is 5.97 Å². The van der Waals surface area contributed by atoms with Crippen LogP contribution in [0.5, 0.6) is 0 Å². The highest BCUT2D eigenvalue weighted by Crippen LogP contribution is 2.28. The van der Waals surface area contributed by atoms with Crippen molar-refractivity contribution in [3.8, 4) is 0 Å². The molecule has 3 aromatic rings. The Morgan fingerprint density at radius 2 is 1.39 bits per heavy atom. The summed E-state index contributed by atoms with van der Waals surface area (Å²) in [5.74, 6) is -0.227. The summed E-state index contributed by atoms with van der Waals surface area (Å²) in [6, 6.07) is 17.9. The quantitative estimate of drug-likeness (QED) is 0.491. The van der Waals surface area contributed by atoms with Gasteiger partial charge in [-0.1, -0.05) is 48.5 Å². The van der Waals surface area contributed by atoms with Crippen molar-refractivity contribution in [2.45, 2.75) is 0 Å². The van der Waals surface area contributed by atoms with E-state index in [1.807, 2.05) is 48.5 Å². The summed E-state index contributed by atoms with van der Waals surface area (Å²) in [7, 11) is 0.410. The van der Waals surface area contributed by atoms with Gasteiger partial charge in [0.15, 0.2) is 0 Å². The van der Waals surface area contributed by atoms with Gasteiger partial charge in [-0.15, -0.1) is 0 Å². The fourth-order valence-corrected chi connectivity index (χ4v) is 2.54. The lowest BCUT2D eigenvalue weighted by molar-refractivity contribution is 0.0753. The molecule has 0 unspecified atom stereocenters. The van der Waals surface area contributed by atoms with Crippen LogP contribution in [-0.4, -0.2) is 16.5 Å². The molecule has 0 heterocycles. The van der Waals surface area contributed by atoms with Crippen molar-refractivity contribution in [2.24, 2.45) is 0 Å². The van der Waals surface area contributed by atoms with E-state index in [9.17, 15) is 4.79 Å². The molecular weight excluding hydrogens is 240 g/mol. The Hall–Kier alpha value is -2.13. The number of carbonyl (C=O) groups is 1. The van der Waals surface area contributed by atoms with E-state index < -0.39 is 0 Å². The molecule has 0 saturated heterocycles. The minimum atomic E-state index is -0.227. The highest BCUT2D eigenvalue weighted by Gasteiger charge is 2.14. The van der Waals surface area contributed by atoms with Crippen LogP contribution >= 0.6 is 0 Å². The molecular formula is C15H12O2Si. The molecule has 0 N–H and O–H groups in total. The predicted octanol–water partition coefficient (Wildman–Crippen LogP) is 2.43. The summed E-state index contributed by atoms with van der Waals surface area (Å²) in [6.07, 6.45) is 0. The van der Waals surface area contributed by atoms with Gasteiger partial charge < -0.3 is 4.43 Å². The summed E-state index contributed by atoms with van der Waals surface area (Å²) in [5, 5.41) is 4.05. The van der Waals surface area contributed by atoms with Gasteiger partial charge in [0.25, 0.3) is 0 Å². The summed E-state index contributed by atoms with van der Waals surface area (Å²) < 4.78 is 5.05. The SMILES string of the molecule is O=C(O[SiH3])c1c2ccccc2cc2ccccc12. The van der Waals surface area contributed by atoms with E-state index in [4.69, 9.17) is 4.43 Å². The van der Waals surface area contributed by atoms with Gasteiger partial charge in [0, 0.05) is 0 Å². The third-order valence-electron chi connectivity index (χ3n) is 3.16. The lowest BCUT2D eigenvalue weighted by Crippen LogP contribution is -2.04. The zero-order chi connectivity index (χ0) is 12.5. The third kappa shape index (κ3) is 1.60. The van der Waals surface area contributed by atoms with Gasteiger partial charge in [0.1, 0.15) is 0 Å². The first-order chi connectivity index (χ1) is 8.81. The average Bonchev–Trinajstić information content (AvgIpc) is 2.44. The van der Waals surface area contributed by atoms with Crippen LogP contribution in [0.4, 0.5) is 0 Å². The van der Waals surface area contributed by atoms with Crippen molar-refractivity contribution >= 4 is 38.0 Å². The molecule has 88 valence electrons. The van der Waals surface area contributed by atoms with Crippen LogP contribution in [0.15, 0.2) is 54.6 Å². The molecule has 0 saturated carbocycles. The molecule has 0 atom stereocenters. The van der Waals surface area contributed by atoms with Gasteiger partial charge in [-0.25, -0.2) is 4.79 Å². The Balaban J connectivity index is 2.53. The molecule has 0 aromatic heterocycles. The molecule has 3 rings (SSSR count). The monoisotopic (exact) mass is 252 g/mol. The zero-order valence-corrected chi connectivity index (χ0v) is 12.0. The van der Waals surface area contributed by atoms with E-state index >= 15 is 0 Å². The summed E-state index contributed by atoms with van der Waals surface area (Å²) in [6.45, 7) is 0. The highest BCUT2D eigenvalue weighted by atomic mass is 28.2. The van der Waals surface area contributed by atoms with E-state index in [2.05, 4.69) is 6.07 Å². The Morgan fingerprint density at radius 3 is 1.89 bits per heavy atom. The summed E-state index contributed by atoms with van der Waals surface area (Å²) >= 11 is 0. The van der Waals surface area contributed by atoms with Crippen molar-refractivity contribution in [1.82, 2.24) is 0 Å². The summed E-state index contributed by atoms with van der Waals surface area (Å²) in [4.78, 5) is 12.1. The first-order valence-electron chi connectivity index (χ1n) is 5.80. The van der Waals surface area contributed by atoms with E-state index in [1.54, 1.807) is 0 Å². The van der Waals surface area contributed by atoms with Crippen molar-refractivity contribution in [1.29, 1.82) is 0 Å². The van der Waals surface area contributed by atoms with Crippen molar-refractivity contribution in [3.05, 3.63) is 60.2 Å². The largest absolute Gasteiger partial charge is 0.525 e. The van der Waals surface area contributed by atoms with Crippen LogP contribution in [0.3, 0.4) is 0 Å². The first kappa shape index (κ1) is 11.0. The first-order valence-corrected chi connectivity index (χ1v) is 6.62. The Kier molecular flexibility index (Phi) is 2.61. The second kappa shape index (κ2) is 4.27.